The molecule has 0 aromatic rings. The van der Waals surface area contributed by atoms with Crippen molar-refractivity contribution in [3.63, 3.8) is 0 Å². The molecule has 140 valence electrons. The Labute approximate surface area is 147 Å². The van der Waals surface area contributed by atoms with Gasteiger partial charge in [0.2, 0.25) is 11.8 Å². The minimum Gasteiger partial charge on any atom is -0.349 e. The first-order chi connectivity index (χ1) is 11.4. The van der Waals surface area contributed by atoms with Gasteiger partial charge >= 0.3 is 0 Å². The van der Waals surface area contributed by atoms with Crippen LogP contribution in [0.15, 0.2) is 0 Å². The van der Waals surface area contributed by atoms with E-state index in [9.17, 15) is 14.4 Å². The molecule has 1 heterocycles. The van der Waals surface area contributed by atoms with Gasteiger partial charge < -0.3 is 14.6 Å². The molecular formula is C19H36N2O3. The zero-order chi connectivity index (χ0) is 18.5. The third-order valence-electron chi connectivity index (χ3n) is 4.27. The predicted octanol–water partition coefficient (Wildman–Crippen LogP) is 3.27. The third-order valence-corrected chi connectivity index (χ3v) is 4.27. The summed E-state index contributed by atoms with van der Waals surface area (Å²) in [7, 11) is 3.67. The summed E-state index contributed by atoms with van der Waals surface area (Å²) in [6.07, 6.45) is 7.80. The van der Waals surface area contributed by atoms with Crippen LogP contribution in [0.1, 0.15) is 72.1 Å². The average molecular weight is 341 g/mol. The Morgan fingerprint density at radius 2 is 1.71 bits per heavy atom. The molecule has 0 atom stereocenters. The number of likely N-dealkylation sites (tertiary alicyclic amines) is 1. The molecule has 0 spiro atoms. The zero-order valence-corrected chi connectivity index (χ0v) is 16.3. The normalized spacial score (nSPS) is 16.9. The molecule has 24 heavy (non-hydrogen) atoms. The number of carbonyl (C=O) groups is 3. The van der Waals surface area contributed by atoms with E-state index in [1.54, 1.807) is 11.8 Å². The maximum absolute atomic E-state index is 11.3. The Morgan fingerprint density at radius 1 is 1.12 bits per heavy atom. The number of ketones is 1. The number of hydrogen-bond donors (Lipinski definition) is 0. The number of nitrogens with zero attached hydrogens (tertiary/aromatic N) is 2. The molecule has 2 aliphatic rings. The zero-order valence-electron chi connectivity index (χ0n) is 16.3. The monoisotopic (exact) mass is 340 g/mol. The van der Waals surface area contributed by atoms with E-state index in [2.05, 4.69) is 0 Å². The Hall–Kier alpha value is -1.39. The van der Waals surface area contributed by atoms with Gasteiger partial charge in [-0.1, -0.05) is 26.7 Å². The van der Waals surface area contributed by atoms with Crippen molar-refractivity contribution in [3.8, 4) is 0 Å². The van der Waals surface area contributed by atoms with Gasteiger partial charge in [-0.05, 0) is 32.6 Å². The summed E-state index contributed by atoms with van der Waals surface area (Å²) >= 11 is 0. The van der Waals surface area contributed by atoms with Crippen molar-refractivity contribution in [3.05, 3.63) is 0 Å². The number of carbonyl (C=O) groups excluding carboxylic acids is 3. The highest BCUT2D eigenvalue weighted by Gasteiger charge is 2.23. The highest BCUT2D eigenvalue weighted by Crippen LogP contribution is 2.25. The van der Waals surface area contributed by atoms with E-state index in [0.29, 0.717) is 24.7 Å². The van der Waals surface area contributed by atoms with E-state index in [1.807, 2.05) is 32.8 Å². The van der Waals surface area contributed by atoms with Gasteiger partial charge in [0.25, 0.3) is 0 Å². The van der Waals surface area contributed by atoms with E-state index < -0.39 is 0 Å². The Morgan fingerprint density at radius 3 is 2.12 bits per heavy atom. The lowest BCUT2D eigenvalue weighted by atomic mass is 10.1. The smallest absolute Gasteiger partial charge is 0.225 e. The van der Waals surface area contributed by atoms with Crippen LogP contribution in [-0.4, -0.2) is 54.6 Å². The van der Waals surface area contributed by atoms with Gasteiger partial charge in [0.1, 0.15) is 5.78 Å². The van der Waals surface area contributed by atoms with Crippen molar-refractivity contribution in [2.75, 3.05) is 27.2 Å². The topological polar surface area (TPSA) is 57.7 Å². The summed E-state index contributed by atoms with van der Waals surface area (Å²) < 4.78 is 0. The summed E-state index contributed by atoms with van der Waals surface area (Å²) in [5.41, 5.74) is 0. The van der Waals surface area contributed by atoms with Gasteiger partial charge in [0, 0.05) is 45.9 Å². The number of Topliss-reactive ketones (excluding diaryl/α,β-unsaturated/α-hetero) is 1. The second-order valence-corrected chi connectivity index (χ2v) is 6.50. The van der Waals surface area contributed by atoms with Crippen LogP contribution in [0.3, 0.4) is 0 Å². The van der Waals surface area contributed by atoms with E-state index >= 15 is 0 Å². The lowest BCUT2D eigenvalue weighted by Gasteiger charge is -2.14. The molecule has 0 N–H and O–H groups in total. The van der Waals surface area contributed by atoms with Crippen molar-refractivity contribution in [2.24, 2.45) is 5.92 Å². The van der Waals surface area contributed by atoms with Crippen molar-refractivity contribution in [1.82, 2.24) is 9.80 Å². The highest BCUT2D eigenvalue weighted by molar-refractivity contribution is 5.79. The van der Waals surface area contributed by atoms with Gasteiger partial charge in [-0.3, -0.25) is 9.59 Å². The second kappa shape index (κ2) is 13.0. The second-order valence-electron chi connectivity index (χ2n) is 6.50. The minimum atomic E-state index is 0.210. The first kappa shape index (κ1) is 22.6. The molecule has 0 aromatic heterocycles. The number of amides is 2. The highest BCUT2D eigenvalue weighted by atomic mass is 16.2. The molecule has 5 heteroatoms. The van der Waals surface area contributed by atoms with Crippen LogP contribution in [-0.2, 0) is 14.4 Å². The van der Waals surface area contributed by atoms with E-state index in [-0.39, 0.29) is 11.7 Å². The van der Waals surface area contributed by atoms with Gasteiger partial charge in [0.15, 0.2) is 0 Å². The van der Waals surface area contributed by atoms with Gasteiger partial charge in [-0.15, -0.1) is 0 Å². The van der Waals surface area contributed by atoms with Crippen LogP contribution in [0, 0.1) is 5.92 Å². The first-order valence-electron chi connectivity index (χ1n) is 9.40. The Bertz CT molecular complexity index is 388. The number of rotatable bonds is 5. The molecule has 0 bridgehead atoms. The molecule has 2 fully saturated rings. The van der Waals surface area contributed by atoms with Crippen LogP contribution in [0.2, 0.25) is 0 Å². The standard InChI is InChI=1S/C9H15NO2.C8H15NO.C2H6/c1-8(11)4-2-6-10-7-3-5-9(10)12;1-9(2)8(10)7-5-3-4-6-7;1-2/h2-7H2,1H3;7H,3-6H2,1-2H3;1-2H3. The fraction of sp³-hybridized carbons (Fsp3) is 0.842. The first-order valence-corrected chi connectivity index (χ1v) is 9.40. The minimum absolute atomic E-state index is 0.210. The fourth-order valence-corrected chi connectivity index (χ4v) is 3.00. The molecule has 5 nitrogen and oxygen atoms in total. The summed E-state index contributed by atoms with van der Waals surface area (Å²) in [4.78, 5) is 36.5. The van der Waals surface area contributed by atoms with Crippen molar-refractivity contribution in [1.29, 1.82) is 0 Å². The summed E-state index contributed by atoms with van der Waals surface area (Å²) in [5.74, 6) is 1.12. The van der Waals surface area contributed by atoms with Crippen LogP contribution >= 0.6 is 0 Å². The Balaban J connectivity index is 0.000000405. The molecule has 0 aromatic carbocycles. The maximum atomic E-state index is 11.3. The van der Waals surface area contributed by atoms with Gasteiger partial charge in [-0.2, -0.15) is 0 Å². The fourth-order valence-electron chi connectivity index (χ4n) is 3.00. The number of hydrogen-bond acceptors (Lipinski definition) is 3. The predicted molar refractivity (Wildman–Crippen MR) is 97.7 cm³/mol. The third kappa shape index (κ3) is 9.04. The van der Waals surface area contributed by atoms with Crippen molar-refractivity contribution in [2.45, 2.75) is 72.1 Å². The van der Waals surface area contributed by atoms with E-state index in [1.165, 1.54) is 12.8 Å². The molecular weight excluding hydrogens is 304 g/mol. The average Bonchev–Trinajstić information content (AvgIpc) is 3.21. The lowest BCUT2D eigenvalue weighted by Crippen LogP contribution is -2.27. The molecule has 1 aliphatic carbocycles. The maximum Gasteiger partial charge on any atom is 0.225 e. The molecule has 1 saturated heterocycles. The molecule has 0 radical (unpaired) electrons. The van der Waals surface area contributed by atoms with E-state index in [4.69, 9.17) is 0 Å². The van der Waals surface area contributed by atoms with E-state index in [0.717, 1.165) is 38.8 Å². The summed E-state index contributed by atoms with van der Waals surface area (Å²) in [6.45, 7) is 7.24. The van der Waals surface area contributed by atoms with Crippen molar-refractivity contribution < 1.29 is 14.4 Å². The van der Waals surface area contributed by atoms with Crippen LogP contribution in [0.5, 0.6) is 0 Å². The molecule has 2 amide bonds. The quantitative estimate of drug-likeness (QED) is 0.772. The summed E-state index contributed by atoms with van der Waals surface area (Å²) in [6, 6.07) is 0. The molecule has 0 unspecified atom stereocenters. The Kier molecular flexibility index (Phi) is 12.2. The molecule has 1 saturated carbocycles. The SMILES string of the molecule is CC.CC(=O)CCCN1CCCC1=O.CN(C)C(=O)C1CCCC1. The molecule has 1 aliphatic heterocycles. The van der Waals surface area contributed by atoms with Gasteiger partial charge in [-0.25, -0.2) is 0 Å². The van der Waals surface area contributed by atoms with Gasteiger partial charge in [0.05, 0.1) is 0 Å². The van der Waals surface area contributed by atoms with Crippen LogP contribution < -0.4 is 0 Å². The van der Waals surface area contributed by atoms with Crippen molar-refractivity contribution >= 4 is 17.6 Å². The van der Waals surface area contributed by atoms with Crippen LogP contribution in [0.4, 0.5) is 0 Å². The summed E-state index contributed by atoms with van der Waals surface area (Å²) in [5, 5.41) is 0. The molecule has 2 rings (SSSR count). The van der Waals surface area contributed by atoms with Crippen LogP contribution in [0.25, 0.3) is 0 Å². The lowest BCUT2D eigenvalue weighted by molar-refractivity contribution is -0.132. The largest absolute Gasteiger partial charge is 0.349 e.